The van der Waals surface area contributed by atoms with Crippen LogP contribution in [0.25, 0.3) is 0 Å². The molecule has 2 rings (SSSR count). The molecule has 1 fully saturated rings. The zero-order valence-electron chi connectivity index (χ0n) is 11.4. The van der Waals surface area contributed by atoms with Crippen LogP contribution >= 0.6 is 0 Å². The highest BCUT2D eigenvalue weighted by molar-refractivity contribution is 5.88. The van der Waals surface area contributed by atoms with Crippen molar-refractivity contribution < 1.29 is 14.3 Å². The van der Waals surface area contributed by atoms with Gasteiger partial charge < -0.3 is 14.8 Å². The van der Waals surface area contributed by atoms with Crippen LogP contribution in [0.1, 0.15) is 18.5 Å². The number of nitrogens with zero attached hydrogens (tertiary/aromatic N) is 2. The van der Waals surface area contributed by atoms with Gasteiger partial charge in [0.25, 0.3) is 0 Å². The van der Waals surface area contributed by atoms with Crippen molar-refractivity contribution in [3.8, 4) is 17.7 Å². The van der Waals surface area contributed by atoms with Gasteiger partial charge >= 0.3 is 5.97 Å². The summed E-state index contributed by atoms with van der Waals surface area (Å²) in [6, 6.07) is 1.62. The first-order chi connectivity index (χ1) is 9.78. The maximum atomic E-state index is 10.9. The van der Waals surface area contributed by atoms with E-state index in [0.717, 1.165) is 19.5 Å². The number of carbonyl (C=O) groups excluding carboxylic acids is 1. The van der Waals surface area contributed by atoms with Crippen LogP contribution in [0.4, 0.5) is 0 Å². The summed E-state index contributed by atoms with van der Waals surface area (Å²) >= 11 is 0. The van der Waals surface area contributed by atoms with Crippen LogP contribution in [0, 0.1) is 17.8 Å². The number of nitrogens with one attached hydrogen (secondary N) is 1. The predicted molar refractivity (Wildman–Crippen MR) is 72.0 cm³/mol. The molecule has 0 saturated carbocycles. The number of aromatic nitrogens is 2. The monoisotopic (exact) mass is 275 g/mol. The van der Waals surface area contributed by atoms with E-state index in [4.69, 9.17) is 4.74 Å². The molecule has 0 amide bonds. The van der Waals surface area contributed by atoms with Gasteiger partial charge in [0.2, 0.25) is 5.88 Å². The summed E-state index contributed by atoms with van der Waals surface area (Å²) in [6.07, 6.45) is 3.70. The number of hydrogen-bond acceptors (Lipinski definition) is 6. The Balaban J connectivity index is 1.91. The lowest BCUT2D eigenvalue weighted by molar-refractivity contribution is -0.133. The third-order valence-electron chi connectivity index (χ3n) is 2.99. The molecule has 1 aromatic heterocycles. The van der Waals surface area contributed by atoms with Crippen LogP contribution in [0.15, 0.2) is 12.4 Å². The Hall–Kier alpha value is -2.13. The maximum Gasteiger partial charge on any atom is 0.384 e. The number of carbonyl (C=O) groups is 1. The molecule has 0 spiro atoms. The normalized spacial score (nSPS) is 17.8. The molecule has 1 aliphatic rings. The van der Waals surface area contributed by atoms with Gasteiger partial charge in [0.1, 0.15) is 12.0 Å². The van der Waals surface area contributed by atoms with E-state index in [1.54, 1.807) is 6.07 Å². The first-order valence-corrected chi connectivity index (χ1v) is 6.53. The van der Waals surface area contributed by atoms with Gasteiger partial charge in [0, 0.05) is 24.4 Å². The average molecular weight is 275 g/mol. The number of rotatable bonds is 3. The van der Waals surface area contributed by atoms with Gasteiger partial charge in [-0.1, -0.05) is 0 Å². The highest BCUT2D eigenvalue weighted by Crippen LogP contribution is 2.13. The van der Waals surface area contributed by atoms with Crippen molar-refractivity contribution in [2.24, 2.45) is 5.92 Å². The van der Waals surface area contributed by atoms with E-state index in [2.05, 4.69) is 31.9 Å². The molecule has 6 heteroatoms. The fourth-order valence-electron chi connectivity index (χ4n) is 1.92. The van der Waals surface area contributed by atoms with Crippen LogP contribution in [0.3, 0.4) is 0 Å². The van der Waals surface area contributed by atoms with Crippen molar-refractivity contribution in [2.75, 3.05) is 26.8 Å². The van der Waals surface area contributed by atoms with Crippen molar-refractivity contribution in [3.05, 3.63) is 18.1 Å². The van der Waals surface area contributed by atoms with Crippen LogP contribution in [-0.2, 0) is 9.53 Å². The molecule has 1 aliphatic heterocycles. The van der Waals surface area contributed by atoms with Crippen LogP contribution in [0.5, 0.6) is 5.88 Å². The Morgan fingerprint density at radius 1 is 1.55 bits per heavy atom. The highest BCUT2D eigenvalue weighted by atomic mass is 16.5. The number of piperidine rings is 1. The van der Waals surface area contributed by atoms with Crippen molar-refractivity contribution in [3.63, 3.8) is 0 Å². The molecule has 20 heavy (non-hydrogen) atoms. The minimum Gasteiger partial charge on any atom is -0.477 e. The van der Waals surface area contributed by atoms with Gasteiger partial charge in [-0.25, -0.2) is 14.8 Å². The standard InChI is InChI=1S/C14H17N3O3/c1-19-14(18)5-4-12-7-13(17-10-16-12)20-9-11-3-2-6-15-8-11/h7,10-11,15H,2-3,6,8-9H2,1H3. The topological polar surface area (TPSA) is 73.3 Å². The quantitative estimate of drug-likeness (QED) is 0.635. The summed E-state index contributed by atoms with van der Waals surface area (Å²) in [5.74, 6) is 5.30. The van der Waals surface area contributed by atoms with E-state index in [9.17, 15) is 4.79 Å². The predicted octanol–water partition coefficient (Wildman–Crippen LogP) is 0.379. The first-order valence-electron chi connectivity index (χ1n) is 6.53. The molecule has 1 saturated heterocycles. The smallest absolute Gasteiger partial charge is 0.384 e. The van der Waals surface area contributed by atoms with Crippen molar-refractivity contribution in [1.29, 1.82) is 0 Å². The van der Waals surface area contributed by atoms with Gasteiger partial charge in [-0.05, 0) is 25.3 Å². The van der Waals surface area contributed by atoms with Gasteiger partial charge in [0.05, 0.1) is 13.7 Å². The second kappa shape index (κ2) is 7.46. The van der Waals surface area contributed by atoms with E-state index in [0.29, 0.717) is 24.1 Å². The minimum absolute atomic E-state index is 0.433. The summed E-state index contributed by atoms with van der Waals surface area (Å²) in [6.45, 7) is 2.67. The summed E-state index contributed by atoms with van der Waals surface area (Å²) in [7, 11) is 1.28. The lowest BCUT2D eigenvalue weighted by atomic mass is 10.0. The summed E-state index contributed by atoms with van der Waals surface area (Å²) in [4.78, 5) is 18.9. The fourth-order valence-corrected chi connectivity index (χ4v) is 1.92. The zero-order chi connectivity index (χ0) is 14.2. The summed E-state index contributed by atoms with van der Waals surface area (Å²) in [5, 5.41) is 3.34. The van der Waals surface area contributed by atoms with Gasteiger partial charge in [-0.3, -0.25) is 0 Å². The van der Waals surface area contributed by atoms with E-state index in [1.165, 1.54) is 19.9 Å². The van der Waals surface area contributed by atoms with E-state index in [-0.39, 0.29) is 0 Å². The van der Waals surface area contributed by atoms with Crippen LogP contribution in [-0.4, -0.2) is 42.7 Å². The number of hydrogen-bond donors (Lipinski definition) is 1. The molecule has 106 valence electrons. The minimum atomic E-state index is -0.598. The van der Waals surface area contributed by atoms with Crippen molar-refractivity contribution in [1.82, 2.24) is 15.3 Å². The Labute approximate surface area is 117 Å². The molecule has 0 radical (unpaired) electrons. The van der Waals surface area contributed by atoms with Gasteiger partial charge in [-0.15, -0.1) is 0 Å². The van der Waals surface area contributed by atoms with E-state index >= 15 is 0 Å². The van der Waals surface area contributed by atoms with Gasteiger partial charge in [-0.2, -0.15) is 0 Å². The van der Waals surface area contributed by atoms with Crippen molar-refractivity contribution in [2.45, 2.75) is 12.8 Å². The van der Waals surface area contributed by atoms with E-state index in [1.807, 2.05) is 0 Å². The van der Waals surface area contributed by atoms with E-state index < -0.39 is 5.97 Å². The van der Waals surface area contributed by atoms with Gasteiger partial charge in [0.15, 0.2) is 0 Å². The number of esters is 1. The second-order valence-corrected chi connectivity index (χ2v) is 4.51. The van der Waals surface area contributed by atoms with Crippen LogP contribution < -0.4 is 10.1 Å². The fraction of sp³-hybridized carbons (Fsp3) is 0.500. The summed E-state index contributed by atoms with van der Waals surface area (Å²) < 4.78 is 10.1. The molecular formula is C14H17N3O3. The lowest BCUT2D eigenvalue weighted by Crippen LogP contribution is -2.33. The molecule has 1 unspecified atom stereocenters. The van der Waals surface area contributed by atoms with Crippen LogP contribution in [0.2, 0.25) is 0 Å². The second-order valence-electron chi connectivity index (χ2n) is 4.51. The number of methoxy groups -OCH3 is 1. The maximum absolute atomic E-state index is 10.9. The molecule has 1 atom stereocenters. The lowest BCUT2D eigenvalue weighted by Gasteiger charge is -2.22. The Bertz CT molecular complexity index is 516. The SMILES string of the molecule is COC(=O)C#Cc1cc(OCC2CCCNC2)ncn1. The molecule has 0 aromatic carbocycles. The molecule has 0 bridgehead atoms. The Morgan fingerprint density at radius 2 is 2.45 bits per heavy atom. The molecule has 0 aliphatic carbocycles. The third-order valence-corrected chi connectivity index (χ3v) is 2.99. The highest BCUT2D eigenvalue weighted by Gasteiger charge is 2.13. The zero-order valence-corrected chi connectivity index (χ0v) is 11.4. The molecule has 6 nitrogen and oxygen atoms in total. The molecular weight excluding hydrogens is 258 g/mol. The Kier molecular flexibility index (Phi) is 5.33. The first kappa shape index (κ1) is 14.3. The Morgan fingerprint density at radius 3 is 3.20 bits per heavy atom. The third kappa shape index (κ3) is 4.52. The molecule has 1 N–H and O–H groups in total. The van der Waals surface area contributed by atoms with Crippen molar-refractivity contribution >= 4 is 5.97 Å². The molecule has 1 aromatic rings. The number of ether oxygens (including phenoxy) is 2. The summed E-state index contributed by atoms with van der Waals surface area (Å²) in [5.41, 5.74) is 0.433. The molecule has 2 heterocycles. The average Bonchev–Trinajstić information content (AvgIpc) is 2.52. The largest absolute Gasteiger partial charge is 0.477 e.